The van der Waals surface area contributed by atoms with Gasteiger partial charge in [0, 0.05) is 13.1 Å². The van der Waals surface area contributed by atoms with Gasteiger partial charge in [-0.3, -0.25) is 4.79 Å². The van der Waals surface area contributed by atoms with E-state index in [4.69, 9.17) is 4.74 Å². The predicted octanol–water partition coefficient (Wildman–Crippen LogP) is 2.97. The van der Waals surface area contributed by atoms with Crippen molar-refractivity contribution in [2.45, 2.75) is 33.8 Å². The number of carbonyl (C=O) groups is 2. The van der Waals surface area contributed by atoms with Gasteiger partial charge in [0.1, 0.15) is 5.57 Å². The van der Waals surface area contributed by atoms with Gasteiger partial charge in [-0.25, -0.2) is 4.79 Å². The zero-order valence-electron chi connectivity index (χ0n) is 11.6. The molecule has 0 fully saturated rings. The number of amides is 1. The van der Waals surface area contributed by atoms with E-state index in [0.717, 1.165) is 0 Å². The van der Waals surface area contributed by atoms with E-state index < -0.39 is 5.97 Å². The molecule has 0 saturated carbocycles. The SMILES string of the molecule is CCN(CC)C(=O)C(C(=O)OC(C)C)=C1SC=CS1. The van der Waals surface area contributed by atoms with Gasteiger partial charge in [0.2, 0.25) is 0 Å². The summed E-state index contributed by atoms with van der Waals surface area (Å²) in [5.74, 6) is -0.792. The van der Waals surface area contributed by atoms with Crippen LogP contribution in [0, 0.1) is 0 Å². The zero-order valence-corrected chi connectivity index (χ0v) is 13.3. The highest BCUT2D eigenvalue weighted by atomic mass is 32.2. The third kappa shape index (κ3) is 4.31. The highest BCUT2D eigenvalue weighted by Gasteiger charge is 2.29. The summed E-state index contributed by atoms with van der Waals surface area (Å²) in [6.45, 7) is 8.48. The normalized spacial score (nSPS) is 13.8. The molecule has 0 aliphatic carbocycles. The molecule has 1 aliphatic rings. The lowest BCUT2D eigenvalue weighted by atomic mass is 10.2. The van der Waals surface area contributed by atoms with Crippen molar-refractivity contribution in [2.24, 2.45) is 0 Å². The highest BCUT2D eigenvalue weighted by Crippen LogP contribution is 2.40. The van der Waals surface area contributed by atoms with Crippen LogP contribution in [0.25, 0.3) is 0 Å². The molecule has 1 rings (SSSR count). The van der Waals surface area contributed by atoms with Crippen molar-refractivity contribution >= 4 is 35.4 Å². The number of likely N-dealkylation sites (N-methyl/N-ethyl adjacent to an activating group) is 1. The van der Waals surface area contributed by atoms with Gasteiger partial charge in [0.15, 0.2) is 0 Å². The lowest BCUT2D eigenvalue weighted by Gasteiger charge is -2.21. The van der Waals surface area contributed by atoms with Crippen LogP contribution in [0.2, 0.25) is 0 Å². The minimum absolute atomic E-state index is 0.150. The van der Waals surface area contributed by atoms with Gasteiger partial charge in [0.05, 0.1) is 10.3 Å². The number of hydrogen-bond acceptors (Lipinski definition) is 5. The minimum atomic E-state index is -0.536. The molecule has 0 atom stereocenters. The second kappa shape index (κ2) is 7.65. The quantitative estimate of drug-likeness (QED) is 0.338. The molecule has 0 unspecified atom stereocenters. The fourth-order valence-corrected chi connectivity index (χ4v) is 3.35. The monoisotopic (exact) mass is 301 g/mol. The summed E-state index contributed by atoms with van der Waals surface area (Å²) >= 11 is 2.77. The van der Waals surface area contributed by atoms with Crippen LogP contribution in [0.3, 0.4) is 0 Å². The molecule has 106 valence electrons. The molecule has 0 aromatic rings. The molecular formula is C13H19NO3S2. The first-order valence-corrected chi connectivity index (χ1v) is 8.00. The molecule has 0 saturated heterocycles. The molecule has 0 N–H and O–H groups in total. The van der Waals surface area contributed by atoms with Crippen molar-refractivity contribution in [3.63, 3.8) is 0 Å². The first-order valence-electron chi connectivity index (χ1n) is 6.24. The lowest BCUT2D eigenvalue weighted by molar-refractivity contribution is -0.145. The maximum absolute atomic E-state index is 12.4. The first kappa shape index (κ1) is 16.2. The van der Waals surface area contributed by atoms with Crippen LogP contribution in [0.4, 0.5) is 0 Å². The van der Waals surface area contributed by atoms with Gasteiger partial charge in [-0.2, -0.15) is 0 Å². The third-order valence-corrected chi connectivity index (χ3v) is 4.55. The fraction of sp³-hybridized carbons (Fsp3) is 0.538. The highest BCUT2D eigenvalue weighted by molar-refractivity contribution is 8.27. The molecule has 19 heavy (non-hydrogen) atoms. The van der Waals surface area contributed by atoms with Crippen molar-refractivity contribution in [1.29, 1.82) is 0 Å². The van der Waals surface area contributed by atoms with E-state index in [1.807, 2.05) is 24.7 Å². The molecule has 0 radical (unpaired) electrons. The van der Waals surface area contributed by atoms with Crippen molar-refractivity contribution < 1.29 is 14.3 Å². The van der Waals surface area contributed by atoms with E-state index in [2.05, 4.69) is 0 Å². The van der Waals surface area contributed by atoms with E-state index >= 15 is 0 Å². The number of hydrogen-bond donors (Lipinski definition) is 0. The summed E-state index contributed by atoms with van der Waals surface area (Å²) in [5.41, 5.74) is 0.150. The molecule has 4 nitrogen and oxygen atoms in total. The summed E-state index contributed by atoms with van der Waals surface area (Å²) in [5, 5.41) is 3.72. The maximum Gasteiger partial charge on any atom is 0.345 e. The fourth-order valence-electron chi connectivity index (χ4n) is 1.52. The van der Waals surface area contributed by atoms with Crippen LogP contribution in [0.1, 0.15) is 27.7 Å². The Kier molecular flexibility index (Phi) is 6.51. The van der Waals surface area contributed by atoms with E-state index in [0.29, 0.717) is 17.3 Å². The molecule has 0 aromatic heterocycles. The van der Waals surface area contributed by atoms with Gasteiger partial charge < -0.3 is 9.64 Å². The molecule has 1 aliphatic heterocycles. The van der Waals surface area contributed by atoms with Crippen molar-refractivity contribution in [3.05, 3.63) is 20.6 Å². The van der Waals surface area contributed by atoms with Gasteiger partial charge in [0.25, 0.3) is 5.91 Å². The largest absolute Gasteiger partial charge is 0.459 e. The number of carbonyl (C=O) groups excluding carboxylic acids is 2. The Morgan fingerprint density at radius 1 is 1.21 bits per heavy atom. The Balaban J connectivity index is 3.03. The molecule has 0 spiro atoms. The summed E-state index contributed by atoms with van der Waals surface area (Å²) in [6, 6.07) is 0. The third-order valence-electron chi connectivity index (χ3n) is 2.42. The molecule has 1 amide bonds. The first-order chi connectivity index (χ1) is 9.01. The van der Waals surface area contributed by atoms with Crippen LogP contribution in [-0.4, -0.2) is 36.0 Å². The van der Waals surface area contributed by atoms with E-state index in [1.54, 1.807) is 18.7 Å². The Labute approximate surface area is 122 Å². The van der Waals surface area contributed by atoms with Crippen LogP contribution in [0.5, 0.6) is 0 Å². The Morgan fingerprint density at radius 2 is 1.74 bits per heavy atom. The van der Waals surface area contributed by atoms with Crippen LogP contribution < -0.4 is 0 Å². The smallest absolute Gasteiger partial charge is 0.345 e. The second-order valence-electron chi connectivity index (χ2n) is 4.10. The van der Waals surface area contributed by atoms with E-state index in [1.165, 1.54) is 23.5 Å². The van der Waals surface area contributed by atoms with Crippen molar-refractivity contribution in [2.75, 3.05) is 13.1 Å². The standard InChI is InChI=1S/C13H19NO3S2/c1-5-14(6-2)11(15)10(12(16)17-9(3)4)13-18-7-8-19-13/h7-9H,5-6H2,1-4H3. The Bertz CT molecular complexity index is 402. The van der Waals surface area contributed by atoms with Crippen LogP contribution in [-0.2, 0) is 14.3 Å². The number of rotatable bonds is 5. The zero-order chi connectivity index (χ0) is 14.4. The number of nitrogens with zero attached hydrogens (tertiary/aromatic N) is 1. The molecular weight excluding hydrogens is 282 g/mol. The summed E-state index contributed by atoms with van der Waals surface area (Å²) in [4.78, 5) is 26.2. The average molecular weight is 301 g/mol. The Hall–Kier alpha value is -0.880. The van der Waals surface area contributed by atoms with Crippen LogP contribution >= 0.6 is 23.5 Å². The predicted molar refractivity (Wildman–Crippen MR) is 80.5 cm³/mol. The Morgan fingerprint density at radius 3 is 2.16 bits per heavy atom. The van der Waals surface area contributed by atoms with E-state index in [-0.39, 0.29) is 17.6 Å². The number of thioether (sulfide) groups is 2. The average Bonchev–Trinajstić information content (AvgIpc) is 2.83. The molecule has 0 aromatic carbocycles. The second-order valence-corrected chi connectivity index (χ2v) is 6.19. The van der Waals surface area contributed by atoms with Gasteiger partial charge >= 0.3 is 5.97 Å². The van der Waals surface area contributed by atoms with Crippen molar-refractivity contribution in [3.8, 4) is 0 Å². The lowest BCUT2D eigenvalue weighted by Crippen LogP contribution is -2.35. The molecule has 0 bridgehead atoms. The number of ether oxygens (including phenoxy) is 1. The molecule has 1 heterocycles. The van der Waals surface area contributed by atoms with Gasteiger partial charge in [-0.05, 0) is 38.5 Å². The van der Waals surface area contributed by atoms with E-state index in [9.17, 15) is 9.59 Å². The van der Waals surface area contributed by atoms with Crippen molar-refractivity contribution in [1.82, 2.24) is 4.90 Å². The van der Waals surface area contributed by atoms with Gasteiger partial charge in [-0.1, -0.05) is 23.5 Å². The molecule has 6 heteroatoms. The maximum atomic E-state index is 12.4. The summed E-state index contributed by atoms with van der Waals surface area (Å²) < 4.78 is 5.88. The topological polar surface area (TPSA) is 46.6 Å². The number of esters is 1. The van der Waals surface area contributed by atoms with Gasteiger partial charge in [-0.15, -0.1) is 0 Å². The minimum Gasteiger partial charge on any atom is -0.459 e. The van der Waals surface area contributed by atoms with Crippen LogP contribution in [0.15, 0.2) is 20.6 Å². The summed E-state index contributed by atoms with van der Waals surface area (Å²) in [7, 11) is 0. The summed E-state index contributed by atoms with van der Waals surface area (Å²) in [6.07, 6.45) is -0.239.